The molecule has 2 heteroatoms. The maximum atomic E-state index is 6.89. The summed E-state index contributed by atoms with van der Waals surface area (Å²) in [4.78, 5) is 0.160. The molecule has 4 aliphatic rings. The quantitative estimate of drug-likeness (QED) is 0.686. The van der Waals surface area contributed by atoms with Crippen LogP contribution in [-0.4, -0.2) is 9.62 Å². The predicted octanol–water partition coefficient (Wildman–Crippen LogP) is 5.25. The van der Waals surface area contributed by atoms with Crippen LogP contribution >= 0.6 is 23.4 Å². The van der Waals surface area contributed by atoms with Gasteiger partial charge in [0.15, 0.2) is 0 Å². The smallest absolute Gasteiger partial charge is 0.0465 e. The molecule has 0 nitrogen and oxygen atoms in total. The first kappa shape index (κ1) is 12.6. The second-order valence-corrected chi connectivity index (χ2v) is 9.31. The summed E-state index contributed by atoms with van der Waals surface area (Å²) in [7, 11) is 0. The van der Waals surface area contributed by atoms with Crippen LogP contribution in [0.4, 0.5) is 0 Å². The molecule has 0 radical (unpaired) electrons. The van der Waals surface area contributed by atoms with Crippen molar-refractivity contribution in [3.8, 4) is 0 Å². The number of alkyl halides is 1. The van der Waals surface area contributed by atoms with E-state index in [2.05, 4.69) is 42.1 Å². The highest BCUT2D eigenvalue weighted by Gasteiger charge is 2.57. The number of rotatable bonds is 3. The normalized spacial score (nSPS) is 43.6. The van der Waals surface area contributed by atoms with Gasteiger partial charge in [-0.15, -0.1) is 11.6 Å². The summed E-state index contributed by atoms with van der Waals surface area (Å²) < 4.78 is 0.502. The largest absolute Gasteiger partial charge is 0.150 e. The third-order valence-electron chi connectivity index (χ3n) is 5.32. The summed E-state index contributed by atoms with van der Waals surface area (Å²) >= 11 is 9.09. The van der Waals surface area contributed by atoms with Gasteiger partial charge in [-0.1, -0.05) is 30.3 Å². The zero-order chi connectivity index (χ0) is 12.9. The van der Waals surface area contributed by atoms with Crippen LogP contribution in [0.5, 0.6) is 0 Å². The van der Waals surface area contributed by atoms with E-state index >= 15 is 0 Å². The molecule has 4 bridgehead atoms. The van der Waals surface area contributed by atoms with Crippen molar-refractivity contribution in [3.63, 3.8) is 0 Å². The number of halogens is 1. The Kier molecular flexibility index (Phi) is 2.93. The molecule has 0 aliphatic heterocycles. The number of hydrogen-bond acceptors (Lipinski definition) is 1. The van der Waals surface area contributed by atoms with Gasteiger partial charge in [-0.2, -0.15) is 11.8 Å². The lowest BCUT2D eigenvalue weighted by Gasteiger charge is -2.59. The average Bonchev–Trinajstić information content (AvgIpc) is 2.35. The lowest BCUT2D eigenvalue weighted by Crippen LogP contribution is -2.55. The summed E-state index contributed by atoms with van der Waals surface area (Å²) in [5, 5.41) is 0. The van der Waals surface area contributed by atoms with Crippen LogP contribution in [0.15, 0.2) is 30.3 Å². The van der Waals surface area contributed by atoms with Crippen molar-refractivity contribution in [2.75, 3.05) is 0 Å². The molecule has 1 aromatic rings. The Hall–Kier alpha value is -0.140. The number of hydrogen-bond donors (Lipinski definition) is 0. The van der Waals surface area contributed by atoms with Crippen molar-refractivity contribution < 1.29 is 0 Å². The minimum atomic E-state index is 0.160. The Bertz CT molecular complexity index is 455. The SMILES string of the molecule is ClC12C[C@H]3C[C@H](C1)CC(SCc1ccccc1)(C3)C2. The van der Waals surface area contributed by atoms with Crippen LogP contribution in [-0.2, 0) is 5.75 Å². The Morgan fingerprint density at radius 1 is 1.05 bits per heavy atom. The van der Waals surface area contributed by atoms with E-state index in [0.29, 0.717) is 4.75 Å². The summed E-state index contributed by atoms with van der Waals surface area (Å²) in [6.45, 7) is 0. The van der Waals surface area contributed by atoms with Crippen molar-refractivity contribution in [1.29, 1.82) is 0 Å². The Morgan fingerprint density at radius 3 is 2.37 bits per heavy atom. The van der Waals surface area contributed by atoms with Crippen LogP contribution in [0.2, 0.25) is 0 Å². The Morgan fingerprint density at radius 2 is 1.74 bits per heavy atom. The summed E-state index contributed by atoms with van der Waals surface area (Å²) in [6.07, 6.45) is 8.15. The molecule has 5 rings (SSSR count). The first-order chi connectivity index (χ1) is 9.15. The second kappa shape index (κ2) is 4.43. The highest BCUT2D eigenvalue weighted by Crippen LogP contribution is 2.64. The maximum absolute atomic E-state index is 6.89. The van der Waals surface area contributed by atoms with Gasteiger partial charge in [0.2, 0.25) is 0 Å². The first-order valence-corrected chi connectivity index (χ1v) is 8.88. The summed E-state index contributed by atoms with van der Waals surface area (Å²) in [5.74, 6) is 3.00. The lowest BCUT2D eigenvalue weighted by molar-refractivity contribution is 0.0539. The van der Waals surface area contributed by atoms with Crippen molar-refractivity contribution in [3.05, 3.63) is 35.9 Å². The highest BCUT2D eigenvalue weighted by molar-refractivity contribution is 7.99. The molecule has 4 saturated carbocycles. The molecule has 0 saturated heterocycles. The molecule has 102 valence electrons. The van der Waals surface area contributed by atoms with Crippen LogP contribution in [0.25, 0.3) is 0 Å². The molecule has 0 amide bonds. The molecule has 1 aromatic carbocycles. The van der Waals surface area contributed by atoms with Crippen molar-refractivity contribution in [2.45, 2.75) is 53.9 Å². The topological polar surface area (TPSA) is 0 Å². The molecule has 4 aliphatic carbocycles. The molecule has 19 heavy (non-hydrogen) atoms. The predicted molar refractivity (Wildman–Crippen MR) is 83.7 cm³/mol. The molecule has 4 fully saturated rings. The maximum Gasteiger partial charge on any atom is 0.0465 e. The molecular formula is C17H21ClS. The van der Waals surface area contributed by atoms with E-state index in [4.69, 9.17) is 11.6 Å². The van der Waals surface area contributed by atoms with Gasteiger partial charge in [-0.25, -0.2) is 0 Å². The minimum Gasteiger partial charge on any atom is -0.150 e. The van der Waals surface area contributed by atoms with E-state index in [0.717, 1.165) is 17.6 Å². The molecule has 0 heterocycles. The summed E-state index contributed by atoms with van der Waals surface area (Å²) in [6, 6.07) is 10.9. The van der Waals surface area contributed by atoms with Crippen LogP contribution in [0, 0.1) is 11.8 Å². The van der Waals surface area contributed by atoms with Gasteiger partial charge >= 0.3 is 0 Å². The van der Waals surface area contributed by atoms with Crippen molar-refractivity contribution >= 4 is 23.4 Å². The highest BCUT2D eigenvalue weighted by atomic mass is 35.5. The molecule has 0 unspecified atom stereocenters. The Labute approximate surface area is 125 Å². The van der Waals surface area contributed by atoms with E-state index in [1.807, 2.05) is 0 Å². The van der Waals surface area contributed by atoms with E-state index in [1.54, 1.807) is 0 Å². The molecule has 0 spiro atoms. The molecule has 0 aromatic heterocycles. The fourth-order valence-electron chi connectivity index (χ4n) is 5.05. The van der Waals surface area contributed by atoms with Gasteiger partial charge in [-0.05, 0) is 55.9 Å². The Balaban J connectivity index is 1.51. The molecular weight excluding hydrogens is 272 g/mol. The van der Waals surface area contributed by atoms with Gasteiger partial charge in [0.1, 0.15) is 0 Å². The monoisotopic (exact) mass is 292 g/mol. The van der Waals surface area contributed by atoms with Gasteiger partial charge in [0, 0.05) is 15.4 Å². The second-order valence-electron chi connectivity index (χ2n) is 7.07. The third kappa shape index (κ3) is 2.34. The number of thioether (sulfide) groups is 1. The van der Waals surface area contributed by atoms with Crippen LogP contribution < -0.4 is 0 Å². The molecule has 0 N–H and O–H groups in total. The van der Waals surface area contributed by atoms with E-state index in [9.17, 15) is 0 Å². The van der Waals surface area contributed by atoms with Crippen molar-refractivity contribution in [1.82, 2.24) is 0 Å². The standard InChI is InChI=1S/C17H21ClS/c18-16-7-14-6-15(8-16)10-17(9-14,12-16)19-11-13-4-2-1-3-5-13/h1-5,14-15H,6-12H2/t14-,15-,16?,17?/m1/s1. The van der Waals surface area contributed by atoms with Gasteiger partial charge in [0.25, 0.3) is 0 Å². The van der Waals surface area contributed by atoms with Gasteiger partial charge in [0.05, 0.1) is 0 Å². The fraction of sp³-hybridized carbons (Fsp3) is 0.647. The fourth-order valence-corrected chi connectivity index (χ4v) is 7.57. The minimum absolute atomic E-state index is 0.160. The first-order valence-electron chi connectivity index (χ1n) is 7.52. The summed E-state index contributed by atoms with van der Waals surface area (Å²) in [5.41, 5.74) is 1.46. The number of benzene rings is 1. The zero-order valence-electron chi connectivity index (χ0n) is 11.3. The lowest BCUT2D eigenvalue weighted by atomic mass is 9.55. The van der Waals surface area contributed by atoms with Gasteiger partial charge in [-0.3, -0.25) is 0 Å². The van der Waals surface area contributed by atoms with Crippen molar-refractivity contribution in [2.24, 2.45) is 11.8 Å². The van der Waals surface area contributed by atoms with Gasteiger partial charge < -0.3 is 0 Å². The van der Waals surface area contributed by atoms with E-state index in [1.165, 1.54) is 44.1 Å². The molecule has 2 atom stereocenters. The third-order valence-corrected chi connectivity index (χ3v) is 7.33. The van der Waals surface area contributed by atoms with Crippen LogP contribution in [0.3, 0.4) is 0 Å². The van der Waals surface area contributed by atoms with E-state index in [-0.39, 0.29) is 4.87 Å². The van der Waals surface area contributed by atoms with Crippen LogP contribution in [0.1, 0.15) is 44.1 Å². The zero-order valence-corrected chi connectivity index (χ0v) is 12.8. The van der Waals surface area contributed by atoms with E-state index < -0.39 is 0 Å². The average molecular weight is 293 g/mol.